The predicted molar refractivity (Wildman–Crippen MR) is 72.6 cm³/mol. The summed E-state index contributed by atoms with van der Waals surface area (Å²) in [4.78, 5) is -0.478. The van der Waals surface area contributed by atoms with Gasteiger partial charge in [-0.1, -0.05) is 0 Å². The van der Waals surface area contributed by atoms with Gasteiger partial charge in [0.2, 0.25) is 0 Å². The molecule has 1 saturated carbocycles. The summed E-state index contributed by atoms with van der Waals surface area (Å²) in [5.74, 6) is -0.679. The Kier molecular flexibility index (Phi) is 3.68. The molecule has 2 rings (SSSR count). The molecule has 1 aliphatic carbocycles. The van der Waals surface area contributed by atoms with Crippen LogP contribution in [0.3, 0.4) is 0 Å². The molecule has 1 aliphatic rings. The highest BCUT2D eigenvalue weighted by molar-refractivity contribution is 7.90. The van der Waals surface area contributed by atoms with Crippen LogP contribution in [-0.4, -0.2) is 35.4 Å². The van der Waals surface area contributed by atoms with Crippen molar-refractivity contribution in [2.45, 2.75) is 23.2 Å². The Labute approximate surface area is 117 Å². The second-order valence-electron chi connectivity index (χ2n) is 5.06. The van der Waals surface area contributed by atoms with Gasteiger partial charge < -0.3 is 15.2 Å². The van der Waals surface area contributed by atoms with Gasteiger partial charge in [0.1, 0.15) is 10.7 Å². The van der Waals surface area contributed by atoms with Crippen LogP contribution < -0.4 is 15.2 Å². The first-order valence-electron chi connectivity index (χ1n) is 6.16. The SMILES string of the molecule is COc1c(C2(CN)CC2)cc(F)c(S(C)(=O)=O)c1OC. The van der Waals surface area contributed by atoms with Gasteiger partial charge in [-0.25, -0.2) is 12.8 Å². The maximum Gasteiger partial charge on any atom is 0.182 e. The molecular formula is C13H18FNO4S. The Morgan fingerprint density at radius 2 is 1.85 bits per heavy atom. The third-order valence-corrected chi connectivity index (χ3v) is 4.86. The van der Waals surface area contributed by atoms with E-state index < -0.39 is 20.5 Å². The van der Waals surface area contributed by atoms with Crippen LogP contribution in [0.5, 0.6) is 11.5 Å². The van der Waals surface area contributed by atoms with Gasteiger partial charge in [-0.05, 0) is 18.9 Å². The van der Waals surface area contributed by atoms with E-state index in [-0.39, 0.29) is 16.9 Å². The van der Waals surface area contributed by atoms with Gasteiger partial charge in [-0.3, -0.25) is 0 Å². The molecule has 0 aromatic heterocycles. The summed E-state index contributed by atoms with van der Waals surface area (Å²) in [6, 6.07) is 1.21. The van der Waals surface area contributed by atoms with E-state index in [1.165, 1.54) is 20.3 Å². The highest BCUT2D eigenvalue weighted by Gasteiger charge is 2.47. The lowest BCUT2D eigenvalue weighted by Crippen LogP contribution is -2.21. The van der Waals surface area contributed by atoms with Crippen molar-refractivity contribution in [2.24, 2.45) is 5.73 Å². The molecule has 5 nitrogen and oxygen atoms in total. The average molecular weight is 303 g/mol. The topological polar surface area (TPSA) is 78.6 Å². The third-order valence-electron chi connectivity index (χ3n) is 3.74. The summed E-state index contributed by atoms with van der Waals surface area (Å²) >= 11 is 0. The van der Waals surface area contributed by atoms with E-state index in [2.05, 4.69) is 0 Å². The molecule has 20 heavy (non-hydrogen) atoms. The molecule has 1 aromatic rings. The Bertz CT molecular complexity index is 638. The Morgan fingerprint density at radius 3 is 2.20 bits per heavy atom. The lowest BCUT2D eigenvalue weighted by molar-refractivity contribution is 0.335. The van der Waals surface area contributed by atoms with Gasteiger partial charge in [0, 0.05) is 23.8 Å². The van der Waals surface area contributed by atoms with Crippen molar-refractivity contribution < 1.29 is 22.3 Å². The molecule has 1 fully saturated rings. The molecular weight excluding hydrogens is 285 g/mol. The van der Waals surface area contributed by atoms with Crippen molar-refractivity contribution in [3.8, 4) is 11.5 Å². The maximum atomic E-state index is 14.2. The molecule has 0 radical (unpaired) electrons. The Hall–Kier alpha value is -1.34. The molecule has 0 atom stereocenters. The zero-order valence-electron chi connectivity index (χ0n) is 11.7. The van der Waals surface area contributed by atoms with Crippen LogP contribution in [0.25, 0.3) is 0 Å². The largest absolute Gasteiger partial charge is 0.493 e. The summed E-state index contributed by atoms with van der Waals surface area (Å²) in [7, 11) is -1.08. The van der Waals surface area contributed by atoms with E-state index in [1.807, 2.05) is 0 Å². The first kappa shape index (κ1) is 15.1. The van der Waals surface area contributed by atoms with Crippen molar-refractivity contribution in [1.82, 2.24) is 0 Å². The summed E-state index contributed by atoms with van der Waals surface area (Å²) in [6.45, 7) is 0.351. The van der Waals surface area contributed by atoms with Crippen LogP contribution >= 0.6 is 0 Å². The lowest BCUT2D eigenvalue weighted by atomic mass is 9.94. The van der Waals surface area contributed by atoms with Crippen molar-refractivity contribution in [3.05, 3.63) is 17.4 Å². The van der Waals surface area contributed by atoms with Crippen LogP contribution in [0.15, 0.2) is 11.0 Å². The standard InChI is InChI=1S/C13H18FNO4S/c1-18-10-8(13(7-15)4-5-13)6-9(14)12(11(10)19-2)20(3,16)17/h6H,4-5,7,15H2,1-3H3. The summed E-state index contributed by atoms with van der Waals surface area (Å²) in [6.07, 6.45) is 2.57. The molecule has 7 heteroatoms. The molecule has 0 bridgehead atoms. The number of sulfone groups is 1. The molecule has 0 heterocycles. The summed E-state index contributed by atoms with van der Waals surface area (Å²) in [5, 5.41) is 0. The van der Waals surface area contributed by atoms with E-state index in [1.54, 1.807) is 0 Å². The number of rotatable bonds is 5. The first-order valence-corrected chi connectivity index (χ1v) is 8.05. The average Bonchev–Trinajstić information content (AvgIpc) is 3.16. The first-order chi connectivity index (χ1) is 9.30. The smallest absolute Gasteiger partial charge is 0.182 e. The fourth-order valence-corrected chi connectivity index (χ4v) is 3.38. The van der Waals surface area contributed by atoms with Gasteiger partial charge in [0.25, 0.3) is 0 Å². The molecule has 0 unspecified atom stereocenters. The van der Waals surface area contributed by atoms with E-state index in [4.69, 9.17) is 15.2 Å². The number of ether oxygens (including phenoxy) is 2. The number of halogens is 1. The molecule has 0 saturated heterocycles. The minimum atomic E-state index is -3.77. The van der Waals surface area contributed by atoms with Crippen LogP contribution in [0.4, 0.5) is 4.39 Å². The summed E-state index contributed by atoms with van der Waals surface area (Å²) in [5.41, 5.74) is 5.99. The van der Waals surface area contributed by atoms with Gasteiger partial charge in [0.05, 0.1) is 14.2 Å². The van der Waals surface area contributed by atoms with Crippen LogP contribution in [0.2, 0.25) is 0 Å². The quantitative estimate of drug-likeness (QED) is 0.885. The zero-order valence-corrected chi connectivity index (χ0v) is 12.5. The Morgan fingerprint density at radius 1 is 1.30 bits per heavy atom. The summed E-state index contributed by atoms with van der Waals surface area (Å²) < 4.78 is 48.1. The van der Waals surface area contributed by atoms with Gasteiger partial charge in [-0.15, -0.1) is 0 Å². The number of benzene rings is 1. The van der Waals surface area contributed by atoms with Gasteiger partial charge in [0.15, 0.2) is 21.3 Å². The number of hydrogen-bond donors (Lipinski definition) is 1. The lowest BCUT2D eigenvalue weighted by Gasteiger charge is -2.21. The van der Waals surface area contributed by atoms with Gasteiger partial charge >= 0.3 is 0 Å². The van der Waals surface area contributed by atoms with Gasteiger partial charge in [-0.2, -0.15) is 0 Å². The fraction of sp³-hybridized carbons (Fsp3) is 0.538. The number of hydrogen-bond acceptors (Lipinski definition) is 5. The van der Waals surface area contributed by atoms with E-state index in [0.717, 1.165) is 19.1 Å². The van der Waals surface area contributed by atoms with Crippen molar-refractivity contribution in [1.29, 1.82) is 0 Å². The monoisotopic (exact) mass is 303 g/mol. The molecule has 0 spiro atoms. The molecule has 1 aromatic carbocycles. The maximum absolute atomic E-state index is 14.2. The van der Waals surface area contributed by atoms with Crippen LogP contribution in [0, 0.1) is 5.82 Å². The Balaban J connectivity index is 2.79. The molecule has 2 N–H and O–H groups in total. The highest BCUT2D eigenvalue weighted by Crippen LogP contribution is 2.54. The van der Waals surface area contributed by atoms with Crippen LogP contribution in [0.1, 0.15) is 18.4 Å². The van der Waals surface area contributed by atoms with Crippen molar-refractivity contribution in [3.63, 3.8) is 0 Å². The third kappa shape index (κ3) is 2.25. The predicted octanol–water partition coefficient (Wildman–Crippen LogP) is 1.24. The zero-order chi connectivity index (χ0) is 15.1. The molecule has 0 aliphatic heterocycles. The second kappa shape index (κ2) is 4.89. The minimum absolute atomic E-state index is 0.0928. The second-order valence-corrected chi connectivity index (χ2v) is 7.01. The number of methoxy groups -OCH3 is 2. The number of nitrogens with two attached hydrogens (primary N) is 1. The van der Waals surface area contributed by atoms with Crippen molar-refractivity contribution >= 4 is 9.84 Å². The van der Waals surface area contributed by atoms with E-state index in [9.17, 15) is 12.8 Å². The van der Waals surface area contributed by atoms with E-state index in [0.29, 0.717) is 12.1 Å². The van der Waals surface area contributed by atoms with E-state index >= 15 is 0 Å². The normalized spacial score (nSPS) is 16.9. The minimum Gasteiger partial charge on any atom is -0.493 e. The molecule has 0 amide bonds. The van der Waals surface area contributed by atoms with Crippen molar-refractivity contribution in [2.75, 3.05) is 27.0 Å². The van der Waals surface area contributed by atoms with Crippen LogP contribution in [-0.2, 0) is 15.3 Å². The highest BCUT2D eigenvalue weighted by atomic mass is 32.2. The fourth-order valence-electron chi connectivity index (χ4n) is 2.45. The molecule has 112 valence electrons.